The summed E-state index contributed by atoms with van der Waals surface area (Å²) in [6, 6.07) is 12.0. The number of hydrogen-bond donors (Lipinski definition) is 20. The van der Waals surface area contributed by atoms with Crippen molar-refractivity contribution in [2.45, 2.75) is 169 Å². The highest BCUT2D eigenvalue weighted by Crippen LogP contribution is 2.24. The Labute approximate surface area is 619 Å². The molecule has 106 heavy (non-hydrogen) atoms. The predicted molar refractivity (Wildman–Crippen MR) is 394 cm³/mol. The summed E-state index contributed by atoms with van der Waals surface area (Å²) in [5.41, 5.74) is 26.3. The molecule has 0 saturated carbocycles. The molecule has 2 heterocycles. The third kappa shape index (κ3) is 27.2. The monoisotopic (exact) mass is 1510 g/mol. The van der Waals surface area contributed by atoms with Crippen LogP contribution in [-0.2, 0) is 88.0 Å². The number of carbonyl (C=O) groups is 13. The van der Waals surface area contributed by atoms with Crippen LogP contribution in [0.25, 0.3) is 10.9 Å². The number of primary amides is 1. The van der Waals surface area contributed by atoms with Gasteiger partial charge >= 0.3 is 5.97 Å². The molecule has 35 heteroatoms. The maximum absolute atomic E-state index is 15.3. The van der Waals surface area contributed by atoms with Gasteiger partial charge in [-0.2, -0.15) is 0 Å². The number of aliphatic hydroxyl groups is 3. The van der Waals surface area contributed by atoms with Crippen molar-refractivity contribution in [1.29, 1.82) is 0 Å². The molecule has 14 atom stereocenters. The molecule has 1 fully saturated rings. The number of rotatable bonds is 22. The van der Waals surface area contributed by atoms with Crippen LogP contribution in [0.15, 0.2) is 121 Å². The molecule has 0 spiro atoms. The topological polar surface area (TPSA) is 555 Å². The van der Waals surface area contributed by atoms with Crippen LogP contribution in [0, 0.1) is 0 Å². The van der Waals surface area contributed by atoms with E-state index in [1.54, 1.807) is 121 Å². The van der Waals surface area contributed by atoms with E-state index in [-0.39, 0.29) is 70.2 Å². The van der Waals surface area contributed by atoms with Gasteiger partial charge in [0.25, 0.3) is 0 Å². The number of benzene rings is 4. The lowest BCUT2D eigenvalue weighted by Crippen LogP contribution is -2.63. The van der Waals surface area contributed by atoms with Crippen molar-refractivity contribution >= 4 is 109 Å². The van der Waals surface area contributed by atoms with Crippen molar-refractivity contribution in [2.24, 2.45) is 22.9 Å². The molecule has 24 N–H and O–H groups in total. The Kier molecular flexibility index (Phi) is 34.8. The molecular weight excluding hydrogens is 1410 g/mol. The minimum atomic E-state index is -1.93. The largest absolute Gasteiger partial charge is 0.480 e. The number of H-pyrrole nitrogens is 1. The van der Waals surface area contributed by atoms with E-state index in [4.69, 9.17) is 22.9 Å². The third-order valence-electron chi connectivity index (χ3n) is 17.1. The highest BCUT2D eigenvalue weighted by molar-refractivity contribution is 8.76. The number of fused-ring (bicyclic) bond motifs is 1. The zero-order chi connectivity index (χ0) is 77.4. The lowest BCUT2D eigenvalue weighted by atomic mass is 10.00. The van der Waals surface area contributed by atoms with Gasteiger partial charge in [-0.15, -0.1) is 0 Å². The molecule has 0 unspecified atom stereocenters. The molecule has 4 aromatic carbocycles. The summed E-state index contributed by atoms with van der Waals surface area (Å²) in [6.07, 6.45) is -2.78. The summed E-state index contributed by atoms with van der Waals surface area (Å²) < 4.78 is 0. The molecule has 1 aliphatic rings. The molecule has 5 aromatic rings. The minimum absolute atomic E-state index is 0.0734. The molecule has 1 aromatic heterocycles. The number of carboxylic acids is 1. The fourth-order valence-corrected chi connectivity index (χ4v) is 13.6. The van der Waals surface area contributed by atoms with E-state index in [0.29, 0.717) is 46.0 Å². The van der Waals surface area contributed by atoms with Crippen molar-refractivity contribution in [1.82, 2.24) is 63.5 Å². The van der Waals surface area contributed by atoms with E-state index >= 15 is 14.4 Å². The Bertz CT molecular complexity index is 3790. The summed E-state index contributed by atoms with van der Waals surface area (Å²) in [4.78, 5) is 188. The van der Waals surface area contributed by atoms with Gasteiger partial charge in [0.05, 0.1) is 31.3 Å². The number of aliphatic hydroxyl groups excluding tert-OH is 3. The fraction of sp³-hybridized carbons (Fsp3) is 0.451. The summed E-state index contributed by atoms with van der Waals surface area (Å²) in [6.45, 7) is 1.45. The van der Waals surface area contributed by atoms with E-state index in [1.807, 2.05) is 0 Å². The van der Waals surface area contributed by atoms with Gasteiger partial charge in [0.15, 0.2) is 0 Å². The number of carboxylic acid groups (broad SMARTS) is 1. The van der Waals surface area contributed by atoms with Gasteiger partial charge < -0.3 is 107 Å². The van der Waals surface area contributed by atoms with E-state index in [9.17, 15) is 68.4 Å². The van der Waals surface area contributed by atoms with Crippen LogP contribution in [0.3, 0.4) is 0 Å². The Balaban J connectivity index is 1.43. The maximum Gasteiger partial charge on any atom is 0.327 e. The van der Waals surface area contributed by atoms with Gasteiger partial charge in [-0.1, -0.05) is 131 Å². The van der Waals surface area contributed by atoms with Crippen LogP contribution in [0.4, 0.5) is 0 Å². The number of nitrogens with two attached hydrogens (primary N) is 4. The smallest absolute Gasteiger partial charge is 0.327 e. The van der Waals surface area contributed by atoms with Gasteiger partial charge in [0.1, 0.15) is 66.5 Å². The van der Waals surface area contributed by atoms with Crippen molar-refractivity contribution in [2.75, 3.05) is 31.2 Å². The van der Waals surface area contributed by atoms with E-state index in [2.05, 4.69) is 63.5 Å². The molecule has 1 aliphatic heterocycles. The Morgan fingerprint density at radius 2 is 0.802 bits per heavy atom. The number of aromatic nitrogens is 1. The van der Waals surface area contributed by atoms with Crippen molar-refractivity contribution in [3.8, 4) is 0 Å². The van der Waals surface area contributed by atoms with Gasteiger partial charge in [-0.05, 0) is 93.8 Å². The second-order valence-electron chi connectivity index (χ2n) is 25.6. The lowest BCUT2D eigenvalue weighted by Gasteiger charge is -2.29. The maximum atomic E-state index is 15.3. The van der Waals surface area contributed by atoms with Crippen LogP contribution in [0.1, 0.15) is 81.0 Å². The van der Waals surface area contributed by atoms with Crippen LogP contribution in [0.5, 0.6) is 0 Å². The third-order valence-corrected chi connectivity index (χ3v) is 19.6. The van der Waals surface area contributed by atoms with Gasteiger partial charge in [-0.3, -0.25) is 57.5 Å². The van der Waals surface area contributed by atoms with E-state index in [0.717, 1.165) is 35.4 Å². The van der Waals surface area contributed by atoms with Crippen molar-refractivity contribution < 1.29 is 82.8 Å². The quantitative estimate of drug-likeness (QED) is 0.0236. The zero-order valence-electron chi connectivity index (χ0n) is 58.7. The molecule has 0 bridgehead atoms. The van der Waals surface area contributed by atoms with Crippen LogP contribution in [-0.4, -0.2) is 218 Å². The standard InChI is InChI=1S/C71H96N16O17S2/c1-39(89)58-69(101)83-52(32-43-22-10-5-11-23-43)67(99)87-59(40(2)90)70(102)84-55(36-88)68(100)85-56(71(103)104)38-106-105-37-46(74)60(92)77-48(26-14-16-28-72)61(93)82-54(34-57(75)91)66(98)80-50(30-41-18-6-3-7-19-41)63(95)79-51(31-42-20-8-4-9-21-42)64(96)81-53(33-44-35-76-47-25-13-12-24-45(44)47)65(97)78-49(62(94)86-58)27-15-17-29-73/h3-13,18-25,35,39-40,46,48-56,58-59,76,88-90H,14-17,26-34,36-38,72-74H2,1-2H3,(H2,75,91)(H,77,92)(H,78,97)(H,79,95)(H,80,98)(H,81,96)(H,82,93)(H,83,101)(H,84,102)(H,85,100)(H,86,94)(H,87,99)(H,103,104)/t39-,40-,46-,48-,49+,50-,51+,52+,53-,54+,55+,56-,58+,59+/m1/s1. The lowest BCUT2D eigenvalue weighted by molar-refractivity contribution is -0.142. The second kappa shape index (κ2) is 43.4. The highest BCUT2D eigenvalue weighted by atomic mass is 33.1. The van der Waals surface area contributed by atoms with Crippen molar-refractivity contribution in [3.63, 3.8) is 0 Å². The molecule has 33 nitrogen and oxygen atoms in total. The first-order chi connectivity index (χ1) is 50.7. The number of aromatic amines is 1. The van der Waals surface area contributed by atoms with Crippen molar-refractivity contribution in [3.05, 3.63) is 144 Å². The van der Waals surface area contributed by atoms with Gasteiger partial charge in [-0.25, -0.2) is 4.79 Å². The summed E-state index contributed by atoms with van der Waals surface area (Å²) in [5, 5.41) is 71.1. The molecule has 6 rings (SSSR count). The number of para-hydroxylation sites is 1. The SMILES string of the molecule is C[C@@H](O)[C@@H]1NC(=O)[C@H](CCCCN)NC(=O)[C@@H](Cc2c[nH]c3ccccc23)NC(=O)[C@H](Cc2ccccc2)NC(=O)[C@@H](Cc2ccccc2)NC(=O)[C@H](CC(N)=O)NC(=O)[C@@H](CCCCN)NC(=O)[C@H](N)CSSC[C@H](C(=O)O)NC(=O)[C@H](CO)NC(=O)[C@H]([C@@H](C)O)NC(=O)[C@H](Cc2ccccc2)NC1=O. The number of unbranched alkanes of at least 4 members (excludes halogenated alkanes) is 2. The number of hydrogen-bond acceptors (Lipinski definition) is 21. The van der Waals surface area contributed by atoms with Crippen LogP contribution >= 0.6 is 21.6 Å². The van der Waals surface area contributed by atoms with Gasteiger partial charge in [0.2, 0.25) is 70.9 Å². The number of amides is 12. The summed E-state index contributed by atoms with van der Waals surface area (Å²) >= 11 is 0. The number of nitrogens with one attached hydrogen (secondary N) is 12. The first kappa shape index (κ1) is 84.9. The Hall–Kier alpha value is -10.0. The second-order valence-corrected chi connectivity index (χ2v) is 28.1. The average Bonchev–Trinajstić information content (AvgIpc) is 1.53. The Morgan fingerprint density at radius 1 is 0.443 bits per heavy atom. The first-order valence-corrected chi connectivity index (χ1v) is 37.1. The van der Waals surface area contributed by atoms with Gasteiger partial charge in [0, 0.05) is 54.3 Å². The minimum Gasteiger partial charge on any atom is -0.480 e. The van der Waals surface area contributed by atoms with E-state index < -0.39 is 180 Å². The number of aliphatic carboxylic acids is 1. The van der Waals surface area contributed by atoms with Crippen LogP contribution in [0.2, 0.25) is 0 Å². The van der Waals surface area contributed by atoms with Crippen LogP contribution < -0.4 is 81.4 Å². The molecule has 574 valence electrons. The average molecular weight is 1510 g/mol. The number of carbonyl (C=O) groups excluding carboxylic acids is 12. The van der Waals surface area contributed by atoms with E-state index in [1.165, 1.54) is 0 Å². The molecular formula is C71H96N16O17S2. The first-order valence-electron chi connectivity index (χ1n) is 34.6. The highest BCUT2D eigenvalue weighted by Gasteiger charge is 2.39. The predicted octanol–water partition coefficient (Wildman–Crippen LogP) is -3.53. The molecule has 12 amide bonds. The molecule has 0 radical (unpaired) electrons. The molecule has 0 aliphatic carbocycles. The Morgan fingerprint density at radius 3 is 1.25 bits per heavy atom. The normalized spacial score (nSPS) is 24.6. The summed E-state index contributed by atoms with van der Waals surface area (Å²) in [5.74, 6) is -14.9. The summed E-state index contributed by atoms with van der Waals surface area (Å²) in [7, 11) is 1.73. The molecule has 1 saturated heterocycles. The zero-order valence-corrected chi connectivity index (χ0v) is 60.3. The fourth-order valence-electron chi connectivity index (χ4n) is 11.3.